The number of nitrogens with zero attached hydrogens (tertiary/aromatic N) is 3. The Labute approximate surface area is 154 Å². The van der Waals surface area contributed by atoms with Crippen LogP contribution in [0.15, 0.2) is 29.0 Å². The van der Waals surface area contributed by atoms with Crippen molar-refractivity contribution in [3.05, 3.63) is 29.0 Å². The van der Waals surface area contributed by atoms with E-state index in [1.165, 1.54) is 7.11 Å². The quantitative estimate of drug-likeness (QED) is 0.548. The Balaban J connectivity index is 1.56. The van der Waals surface area contributed by atoms with Crippen molar-refractivity contribution in [3.8, 4) is 10.6 Å². The minimum absolute atomic E-state index is 0.108. The van der Waals surface area contributed by atoms with Crippen LogP contribution in [0.2, 0.25) is 0 Å². The summed E-state index contributed by atoms with van der Waals surface area (Å²) in [7, 11) is 1.45. The summed E-state index contributed by atoms with van der Waals surface area (Å²) in [5, 5.41) is 1.05. The first-order valence-corrected chi connectivity index (χ1v) is 9.67. The van der Waals surface area contributed by atoms with E-state index in [1.54, 1.807) is 11.3 Å². The predicted octanol–water partition coefficient (Wildman–Crippen LogP) is 4.14. The largest absolute Gasteiger partial charge is 0.469 e. The predicted molar refractivity (Wildman–Crippen MR) is 99.2 cm³/mol. The fraction of sp³-hybridized carbons (Fsp3) is 0.471. The summed E-state index contributed by atoms with van der Waals surface area (Å²) >= 11 is 5.09. The molecule has 0 saturated carbocycles. The van der Waals surface area contributed by atoms with E-state index in [2.05, 4.69) is 30.8 Å². The lowest BCUT2D eigenvalue weighted by atomic mass is 9.92. The number of aromatic nitrogens is 2. The van der Waals surface area contributed by atoms with Crippen molar-refractivity contribution >= 4 is 38.4 Å². The van der Waals surface area contributed by atoms with Gasteiger partial charge in [-0.2, -0.15) is 0 Å². The number of piperidine rings is 1. The topological polar surface area (TPSA) is 55.3 Å². The van der Waals surface area contributed by atoms with Crippen LogP contribution >= 0.6 is 27.3 Å². The van der Waals surface area contributed by atoms with E-state index in [9.17, 15) is 4.79 Å². The van der Waals surface area contributed by atoms with Gasteiger partial charge in [-0.3, -0.25) is 4.79 Å². The van der Waals surface area contributed by atoms with Crippen molar-refractivity contribution in [2.24, 2.45) is 5.92 Å². The number of anilines is 1. The lowest BCUT2D eigenvalue weighted by molar-refractivity contribution is -0.141. The first-order chi connectivity index (χ1) is 11.7. The minimum Gasteiger partial charge on any atom is -0.469 e. The Hall–Kier alpha value is -1.47. The van der Waals surface area contributed by atoms with Crippen molar-refractivity contribution < 1.29 is 9.53 Å². The smallest absolute Gasteiger partial charge is 0.305 e. The average Bonchev–Trinajstić information content (AvgIpc) is 3.10. The Morgan fingerprint density at radius 1 is 1.42 bits per heavy atom. The minimum atomic E-state index is -0.108. The van der Waals surface area contributed by atoms with Crippen molar-refractivity contribution in [1.29, 1.82) is 0 Å². The zero-order valence-electron chi connectivity index (χ0n) is 13.6. The van der Waals surface area contributed by atoms with Gasteiger partial charge in [0.2, 0.25) is 0 Å². The maximum absolute atomic E-state index is 11.3. The van der Waals surface area contributed by atoms with Crippen LogP contribution in [-0.4, -0.2) is 36.1 Å². The molecule has 7 heteroatoms. The molecule has 0 spiro atoms. The van der Waals surface area contributed by atoms with Crippen molar-refractivity contribution in [1.82, 2.24) is 9.97 Å². The van der Waals surface area contributed by atoms with Crippen LogP contribution < -0.4 is 4.90 Å². The van der Waals surface area contributed by atoms with E-state index >= 15 is 0 Å². The normalized spacial score (nSPS) is 15.5. The molecule has 2 aromatic heterocycles. The first kappa shape index (κ1) is 17.4. The second kappa shape index (κ2) is 8.07. The third-order valence-electron chi connectivity index (χ3n) is 4.33. The molecule has 128 valence electrons. The van der Waals surface area contributed by atoms with Gasteiger partial charge in [0, 0.05) is 25.7 Å². The molecule has 3 heterocycles. The summed E-state index contributed by atoms with van der Waals surface area (Å²) in [6.07, 6.45) is 5.54. The molecule has 24 heavy (non-hydrogen) atoms. The van der Waals surface area contributed by atoms with Crippen LogP contribution in [0.1, 0.15) is 25.7 Å². The van der Waals surface area contributed by atoms with Crippen LogP contribution in [0, 0.1) is 5.92 Å². The lowest BCUT2D eigenvalue weighted by Gasteiger charge is -2.31. The molecular weight excluding hydrogens is 390 g/mol. The number of pyridine rings is 1. The van der Waals surface area contributed by atoms with Gasteiger partial charge in [-0.1, -0.05) is 17.4 Å². The molecule has 0 atom stereocenters. The molecular formula is C17H20BrN3O2S. The molecule has 3 rings (SSSR count). The SMILES string of the molecule is COC(=O)CCC1CCN(c2ncc(-c3cccc(Br)n3)s2)CC1. The maximum atomic E-state index is 11.3. The molecule has 0 aliphatic carbocycles. The van der Waals surface area contributed by atoms with Gasteiger partial charge in [0.05, 0.1) is 17.7 Å². The number of ether oxygens (including phenoxy) is 1. The van der Waals surface area contributed by atoms with Gasteiger partial charge >= 0.3 is 5.97 Å². The molecule has 0 radical (unpaired) electrons. The number of carbonyl (C=O) groups excluding carboxylic acids is 1. The summed E-state index contributed by atoms with van der Waals surface area (Å²) in [5.74, 6) is 0.495. The van der Waals surface area contributed by atoms with E-state index in [-0.39, 0.29) is 5.97 Å². The van der Waals surface area contributed by atoms with Crippen LogP contribution in [0.5, 0.6) is 0 Å². The standard InChI is InChI=1S/C17H20BrN3O2S/c1-23-16(22)6-5-12-7-9-21(10-8-12)17-19-11-14(24-17)13-3-2-4-15(18)20-13/h2-4,11-12H,5-10H2,1H3. The van der Waals surface area contributed by atoms with E-state index in [0.717, 1.165) is 52.7 Å². The summed E-state index contributed by atoms with van der Waals surface area (Å²) in [6.45, 7) is 1.98. The van der Waals surface area contributed by atoms with E-state index < -0.39 is 0 Å². The molecule has 0 N–H and O–H groups in total. The Morgan fingerprint density at radius 2 is 2.21 bits per heavy atom. The van der Waals surface area contributed by atoms with Gasteiger partial charge in [-0.05, 0) is 53.2 Å². The average molecular weight is 410 g/mol. The molecule has 1 aliphatic rings. The van der Waals surface area contributed by atoms with E-state index in [1.807, 2.05) is 24.4 Å². The number of esters is 1. The highest BCUT2D eigenvalue weighted by molar-refractivity contribution is 9.10. The zero-order valence-corrected chi connectivity index (χ0v) is 16.0. The molecule has 1 fully saturated rings. The highest BCUT2D eigenvalue weighted by atomic mass is 79.9. The fourth-order valence-corrected chi connectivity index (χ4v) is 4.19. The third kappa shape index (κ3) is 4.33. The van der Waals surface area contributed by atoms with Gasteiger partial charge in [0.15, 0.2) is 5.13 Å². The number of carbonyl (C=O) groups is 1. The number of methoxy groups -OCH3 is 1. The molecule has 0 bridgehead atoms. The van der Waals surface area contributed by atoms with Crippen LogP contribution in [0.3, 0.4) is 0 Å². The van der Waals surface area contributed by atoms with Crippen molar-refractivity contribution in [2.75, 3.05) is 25.1 Å². The first-order valence-electron chi connectivity index (χ1n) is 8.06. The Bertz CT molecular complexity index is 699. The number of hydrogen-bond acceptors (Lipinski definition) is 6. The van der Waals surface area contributed by atoms with Crippen LogP contribution in [0.25, 0.3) is 10.6 Å². The van der Waals surface area contributed by atoms with E-state index in [4.69, 9.17) is 4.74 Å². The lowest BCUT2D eigenvalue weighted by Crippen LogP contribution is -2.33. The van der Waals surface area contributed by atoms with E-state index in [0.29, 0.717) is 12.3 Å². The van der Waals surface area contributed by atoms with Crippen LogP contribution in [-0.2, 0) is 9.53 Å². The number of hydrogen-bond donors (Lipinski definition) is 0. The molecule has 0 amide bonds. The second-order valence-corrected chi connectivity index (χ2v) is 7.72. The molecule has 5 nitrogen and oxygen atoms in total. The summed E-state index contributed by atoms with van der Waals surface area (Å²) < 4.78 is 5.55. The summed E-state index contributed by atoms with van der Waals surface area (Å²) in [5.41, 5.74) is 0.945. The maximum Gasteiger partial charge on any atom is 0.305 e. The van der Waals surface area contributed by atoms with Gasteiger partial charge in [-0.25, -0.2) is 9.97 Å². The fourth-order valence-electron chi connectivity index (χ4n) is 2.91. The molecule has 2 aromatic rings. The highest BCUT2D eigenvalue weighted by Crippen LogP contribution is 2.33. The monoisotopic (exact) mass is 409 g/mol. The Kier molecular flexibility index (Phi) is 5.84. The molecule has 1 aliphatic heterocycles. The molecule has 1 saturated heterocycles. The highest BCUT2D eigenvalue weighted by Gasteiger charge is 2.22. The molecule has 0 unspecified atom stereocenters. The number of halogens is 1. The van der Waals surface area contributed by atoms with Gasteiger partial charge in [-0.15, -0.1) is 0 Å². The Morgan fingerprint density at radius 3 is 2.92 bits per heavy atom. The van der Waals surface area contributed by atoms with Gasteiger partial charge in [0.25, 0.3) is 0 Å². The van der Waals surface area contributed by atoms with Crippen molar-refractivity contribution in [3.63, 3.8) is 0 Å². The summed E-state index contributed by atoms with van der Waals surface area (Å²) in [4.78, 5) is 23.7. The van der Waals surface area contributed by atoms with Gasteiger partial charge < -0.3 is 9.64 Å². The number of thiazole rings is 1. The number of rotatable bonds is 5. The van der Waals surface area contributed by atoms with Gasteiger partial charge in [0.1, 0.15) is 4.60 Å². The third-order valence-corrected chi connectivity index (χ3v) is 5.85. The van der Waals surface area contributed by atoms with Crippen LogP contribution in [0.4, 0.5) is 5.13 Å². The molecule has 0 aromatic carbocycles. The summed E-state index contributed by atoms with van der Waals surface area (Å²) in [6, 6.07) is 5.91. The van der Waals surface area contributed by atoms with Crippen molar-refractivity contribution in [2.45, 2.75) is 25.7 Å². The second-order valence-electron chi connectivity index (χ2n) is 5.90. The zero-order chi connectivity index (χ0) is 16.9.